The van der Waals surface area contributed by atoms with Gasteiger partial charge in [-0.2, -0.15) is 4.31 Å². The Kier molecular flexibility index (Phi) is 9.49. The molecule has 0 radical (unpaired) electrons. The molecule has 2 aromatic carbocycles. The van der Waals surface area contributed by atoms with Crippen LogP contribution in [-0.4, -0.2) is 70.9 Å². The number of nitrogens with zero attached hydrogens (tertiary/aromatic N) is 3. The molecule has 3 aromatic rings. The van der Waals surface area contributed by atoms with Crippen LogP contribution in [0.4, 0.5) is 0 Å². The van der Waals surface area contributed by atoms with E-state index in [4.69, 9.17) is 0 Å². The van der Waals surface area contributed by atoms with Gasteiger partial charge in [0.05, 0.1) is 18.1 Å². The van der Waals surface area contributed by atoms with Crippen LogP contribution in [0.2, 0.25) is 0 Å². The minimum atomic E-state index is -3.69. The highest BCUT2D eigenvalue weighted by Crippen LogP contribution is 2.27. The van der Waals surface area contributed by atoms with Crippen LogP contribution < -0.4 is 0 Å². The molecule has 198 valence electrons. The first-order valence-electron chi connectivity index (χ1n) is 12.9. The van der Waals surface area contributed by atoms with Gasteiger partial charge in [-0.1, -0.05) is 61.4 Å². The van der Waals surface area contributed by atoms with Crippen molar-refractivity contribution in [2.24, 2.45) is 5.92 Å². The summed E-state index contributed by atoms with van der Waals surface area (Å²) < 4.78 is 28.1. The lowest BCUT2D eigenvalue weighted by Crippen LogP contribution is -2.46. The summed E-state index contributed by atoms with van der Waals surface area (Å²) >= 11 is 0. The smallest absolute Gasteiger partial charge is 0.253 e. The number of nitrogens with one attached hydrogen (secondary N) is 1. The van der Waals surface area contributed by atoms with E-state index in [0.717, 1.165) is 31.2 Å². The van der Waals surface area contributed by atoms with E-state index in [1.807, 2.05) is 48.5 Å². The molecular weight excluding hydrogens is 488 g/mol. The van der Waals surface area contributed by atoms with Gasteiger partial charge in [0, 0.05) is 37.9 Å². The summed E-state index contributed by atoms with van der Waals surface area (Å²) in [6.07, 6.45) is 6.74. The number of aromatic nitrogens is 2. The molecule has 0 saturated heterocycles. The maximum absolute atomic E-state index is 13.4. The molecule has 1 atom stereocenters. The molecule has 0 unspecified atom stereocenters. The standard InChI is InChI=1S/C28H36N4O4S/c33-27(20-32(18-24-11-7-8-12-24)37(35,36)21-26-17-29-22-30-26)19-31(16-15-23-9-3-1-4-10-23)28(34)25-13-5-2-6-14-25/h1-6,9-10,13-14,17,22,24,27,33H,7-8,11-12,15-16,18-21H2,(H,29,30)/t27-/m0/s1. The third-order valence-corrected chi connectivity index (χ3v) is 8.65. The number of imidazole rings is 1. The second-order valence-electron chi connectivity index (χ2n) is 9.81. The number of aromatic amines is 1. The zero-order chi connectivity index (χ0) is 26.1. The van der Waals surface area contributed by atoms with Gasteiger partial charge in [0.2, 0.25) is 10.0 Å². The summed E-state index contributed by atoms with van der Waals surface area (Å²) in [6, 6.07) is 18.9. The predicted octanol–water partition coefficient (Wildman–Crippen LogP) is 3.48. The van der Waals surface area contributed by atoms with Gasteiger partial charge in [-0.25, -0.2) is 13.4 Å². The Morgan fingerprint density at radius 2 is 1.70 bits per heavy atom. The highest BCUT2D eigenvalue weighted by atomic mass is 32.2. The van der Waals surface area contributed by atoms with Gasteiger partial charge in [0.15, 0.2) is 0 Å². The first-order chi connectivity index (χ1) is 17.9. The van der Waals surface area contributed by atoms with Crippen LogP contribution in [0.15, 0.2) is 73.2 Å². The molecule has 1 fully saturated rings. The number of rotatable bonds is 13. The normalized spacial score (nSPS) is 15.2. The SMILES string of the molecule is O=C(c1ccccc1)N(CCc1ccccc1)C[C@H](O)CN(CC1CCCC1)S(=O)(=O)Cc1cnc[nH]1. The van der Waals surface area contributed by atoms with Gasteiger partial charge in [0.25, 0.3) is 5.91 Å². The molecule has 1 heterocycles. The van der Waals surface area contributed by atoms with Crippen LogP contribution in [0.25, 0.3) is 0 Å². The quantitative estimate of drug-likeness (QED) is 0.356. The van der Waals surface area contributed by atoms with E-state index in [1.54, 1.807) is 17.0 Å². The van der Waals surface area contributed by atoms with E-state index < -0.39 is 16.1 Å². The summed E-state index contributed by atoms with van der Waals surface area (Å²) in [5, 5.41) is 11.1. The number of hydrogen-bond acceptors (Lipinski definition) is 5. The van der Waals surface area contributed by atoms with E-state index >= 15 is 0 Å². The summed E-state index contributed by atoms with van der Waals surface area (Å²) in [7, 11) is -3.69. The molecule has 1 aliphatic carbocycles. The Labute approximate surface area is 219 Å². The van der Waals surface area contributed by atoms with Crippen molar-refractivity contribution in [1.82, 2.24) is 19.2 Å². The van der Waals surface area contributed by atoms with Gasteiger partial charge in [-0.15, -0.1) is 0 Å². The average Bonchev–Trinajstić information content (AvgIpc) is 3.61. The van der Waals surface area contributed by atoms with Crippen LogP contribution in [0.5, 0.6) is 0 Å². The maximum atomic E-state index is 13.4. The third-order valence-electron chi connectivity index (χ3n) is 6.89. The number of amides is 1. The van der Waals surface area contributed by atoms with Gasteiger partial charge < -0.3 is 15.0 Å². The molecule has 0 bridgehead atoms. The van der Waals surface area contributed by atoms with Crippen molar-refractivity contribution >= 4 is 15.9 Å². The molecule has 9 heteroatoms. The number of aliphatic hydroxyl groups excluding tert-OH is 1. The molecule has 1 saturated carbocycles. The summed E-state index contributed by atoms with van der Waals surface area (Å²) in [5.74, 6) is -0.102. The number of carbonyl (C=O) groups is 1. The fourth-order valence-electron chi connectivity index (χ4n) is 4.93. The third kappa shape index (κ3) is 7.99. The summed E-state index contributed by atoms with van der Waals surface area (Å²) in [5.41, 5.74) is 2.14. The molecule has 2 N–H and O–H groups in total. The van der Waals surface area contributed by atoms with E-state index in [0.29, 0.717) is 30.8 Å². The fourth-order valence-corrected chi connectivity index (χ4v) is 6.50. The number of H-pyrrole nitrogens is 1. The molecule has 1 aliphatic rings. The van der Waals surface area contributed by atoms with Crippen molar-refractivity contribution in [3.63, 3.8) is 0 Å². The van der Waals surface area contributed by atoms with Crippen LogP contribution in [0.1, 0.15) is 47.3 Å². The number of benzene rings is 2. The molecule has 8 nitrogen and oxygen atoms in total. The second-order valence-corrected chi connectivity index (χ2v) is 11.8. The van der Waals surface area contributed by atoms with Crippen molar-refractivity contribution in [2.45, 2.75) is 44.0 Å². The second kappa shape index (κ2) is 13.0. The Bertz CT molecular complexity index is 1200. The van der Waals surface area contributed by atoms with Gasteiger partial charge in [-0.3, -0.25) is 4.79 Å². The lowest BCUT2D eigenvalue weighted by molar-refractivity contribution is 0.0584. The number of sulfonamides is 1. The summed E-state index contributed by atoms with van der Waals surface area (Å²) in [4.78, 5) is 21.8. The van der Waals surface area contributed by atoms with E-state index in [1.165, 1.54) is 16.8 Å². The van der Waals surface area contributed by atoms with Crippen LogP contribution >= 0.6 is 0 Å². The minimum absolute atomic E-state index is 0.0430. The first kappa shape index (κ1) is 27.0. The number of carbonyl (C=O) groups excluding carboxylic acids is 1. The molecule has 1 aromatic heterocycles. The average molecular weight is 525 g/mol. The van der Waals surface area contributed by atoms with Gasteiger partial charge >= 0.3 is 0 Å². The molecule has 4 rings (SSSR count). The van der Waals surface area contributed by atoms with Crippen molar-refractivity contribution in [2.75, 3.05) is 26.2 Å². The Morgan fingerprint density at radius 1 is 1.03 bits per heavy atom. The van der Waals surface area contributed by atoms with Crippen molar-refractivity contribution in [1.29, 1.82) is 0 Å². The van der Waals surface area contributed by atoms with Crippen molar-refractivity contribution in [3.8, 4) is 0 Å². The maximum Gasteiger partial charge on any atom is 0.253 e. The van der Waals surface area contributed by atoms with Gasteiger partial charge in [-0.05, 0) is 42.9 Å². The fraction of sp³-hybridized carbons (Fsp3) is 0.429. The number of aliphatic hydroxyl groups is 1. The Hall–Kier alpha value is -3.01. The zero-order valence-electron chi connectivity index (χ0n) is 21.1. The van der Waals surface area contributed by atoms with Crippen molar-refractivity contribution in [3.05, 3.63) is 90.0 Å². The van der Waals surface area contributed by atoms with Gasteiger partial charge in [0.1, 0.15) is 5.75 Å². The van der Waals surface area contributed by atoms with E-state index in [9.17, 15) is 18.3 Å². The van der Waals surface area contributed by atoms with Crippen LogP contribution in [0.3, 0.4) is 0 Å². The topological polar surface area (TPSA) is 107 Å². The van der Waals surface area contributed by atoms with E-state index in [-0.39, 0.29) is 30.7 Å². The Morgan fingerprint density at radius 3 is 2.35 bits per heavy atom. The molecule has 37 heavy (non-hydrogen) atoms. The highest BCUT2D eigenvalue weighted by Gasteiger charge is 2.30. The van der Waals surface area contributed by atoms with Crippen LogP contribution in [-0.2, 0) is 22.2 Å². The Balaban J connectivity index is 1.48. The lowest BCUT2D eigenvalue weighted by atomic mass is 10.1. The largest absolute Gasteiger partial charge is 0.390 e. The zero-order valence-corrected chi connectivity index (χ0v) is 21.9. The first-order valence-corrected chi connectivity index (χ1v) is 14.5. The monoisotopic (exact) mass is 524 g/mol. The minimum Gasteiger partial charge on any atom is -0.390 e. The molecule has 0 aliphatic heterocycles. The predicted molar refractivity (Wildman–Crippen MR) is 143 cm³/mol. The lowest BCUT2D eigenvalue weighted by Gasteiger charge is -2.30. The van der Waals surface area contributed by atoms with Crippen molar-refractivity contribution < 1.29 is 18.3 Å². The summed E-state index contributed by atoms with van der Waals surface area (Å²) in [6.45, 7) is 0.778. The molecule has 0 spiro atoms. The molecular formula is C28H36N4O4S. The van der Waals surface area contributed by atoms with E-state index in [2.05, 4.69) is 9.97 Å². The van der Waals surface area contributed by atoms with Crippen LogP contribution in [0, 0.1) is 5.92 Å². The number of hydrogen-bond donors (Lipinski definition) is 2. The molecule has 1 amide bonds. The highest BCUT2D eigenvalue weighted by molar-refractivity contribution is 7.88.